The monoisotopic (exact) mass is 1790 g/mol. The molecule has 126 heavy (non-hydrogen) atoms. The van der Waals surface area contributed by atoms with E-state index in [0.717, 1.165) is 57.8 Å². The molecule has 19 nitrogen and oxygen atoms in total. The third kappa shape index (κ3) is 64.2. The molecular formula is C107H196O19. The van der Waals surface area contributed by atoms with Gasteiger partial charge in [0.2, 0.25) is 0 Å². The van der Waals surface area contributed by atoms with Crippen molar-refractivity contribution in [3.63, 3.8) is 0 Å². The molecule has 1 heterocycles. The van der Waals surface area contributed by atoms with Gasteiger partial charge in [0.15, 0.2) is 0 Å². The van der Waals surface area contributed by atoms with Gasteiger partial charge in [-0.3, -0.25) is 43.2 Å². The number of rotatable bonds is 73. The Hall–Kier alpha value is -5.59. The highest BCUT2D eigenvalue weighted by Gasteiger charge is 2.45. The molecule has 1 aliphatic heterocycles. The number of aliphatic carboxylic acids is 1. The van der Waals surface area contributed by atoms with E-state index in [2.05, 4.69) is 63.6 Å². The summed E-state index contributed by atoms with van der Waals surface area (Å²) in [5.74, 6) is -2.82. The fourth-order valence-electron chi connectivity index (χ4n) is 15.5. The Kier molecular flexibility index (Phi) is 76.2. The van der Waals surface area contributed by atoms with Gasteiger partial charge in [-0.2, -0.15) is 0 Å². The molecule has 0 amide bonds. The average Bonchev–Trinajstić information content (AvgIpc) is 0.873. The molecule has 0 saturated carbocycles. The standard InChI is InChI=1S/C26H44O2.C25H46O5.C23H44O4.C22H42O4.C11H20O4/c1-5-6-7-8-9-10-11-12-13-17-22-28-25(27)26(3,4)21-20-23(2)24-18-15-14-16-19-24;1-6-8-9-10-11-12-13-14-15-16-17-28-23(27)25(5,7-2)20-24(3,4)22(26)30-19-21-18-29-21;1-6-9-10-11-12-13-14-15-16-17-18-27-22(25)23(4,5)19-20(7-2)21(24)26-8-3;1-6-8-9-10-11-12-13-14-15-16-17-26-20(25)22(5,7-2)18-21(3,4)19(23)24;1-5-9(11(13)15-6-2)7-8(3)10(12)14-4/h14-16,18-19,23H,5-13,17,20-22H2,1-4H3;21H,6-20H2,1-5H3;20H,6-19H2,1-5H3;6-18H2,1-5H3,(H,23,24);8-9H,5-7H2,1-4H3. The first-order valence-corrected chi connectivity index (χ1v) is 51.0. The van der Waals surface area contributed by atoms with Crippen LogP contribution in [0.1, 0.15) is 485 Å². The van der Waals surface area contributed by atoms with E-state index in [0.29, 0.717) is 110 Å². The number of epoxide rings is 1. The van der Waals surface area contributed by atoms with E-state index in [4.69, 9.17) is 37.9 Å². The van der Waals surface area contributed by atoms with Crippen LogP contribution in [-0.4, -0.2) is 125 Å². The fourth-order valence-corrected chi connectivity index (χ4v) is 15.5. The molecule has 0 bridgehead atoms. The van der Waals surface area contributed by atoms with Gasteiger partial charge in [0.25, 0.3) is 0 Å². The predicted octanol–water partition coefficient (Wildman–Crippen LogP) is 28.9. The highest BCUT2D eigenvalue weighted by atomic mass is 16.6. The fraction of sp³-hybridized carbons (Fsp3) is 0.860. The minimum Gasteiger partial charge on any atom is -0.481 e. The molecule has 1 fully saturated rings. The van der Waals surface area contributed by atoms with Crippen molar-refractivity contribution in [1.29, 1.82) is 0 Å². The molecule has 19 heteroatoms. The van der Waals surface area contributed by atoms with Gasteiger partial charge < -0.3 is 47.7 Å². The Balaban J connectivity index is -0.00000152. The lowest BCUT2D eigenvalue weighted by atomic mass is 9.72. The first-order valence-electron chi connectivity index (χ1n) is 51.0. The van der Waals surface area contributed by atoms with E-state index in [9.17, 15) is 48.3 Å². The van der Waals surface area contributed by atoms with Crippen molar-refractivity contribution in [2.24, 2.45) is 50.2 Å². The van der Waals surface area contributed by atoms with Crippen molar-refractivity contribution >= 4 is 53.7 Å². The number of carbonyl (C=O) groups excluding carboxylic acids is 8. The van der Waals surface area contributed by atoms with Crippen LogP contribution in [0.25, 0.3) is 0 Å². The van der Waals surface area contributed by atoms with Crippen LogP contribution < -0.4 is 0 Å². The molecule has 7 unspecified atom stereocenters. The zero-order chi connectivity index (χ0) is 95.6. The smallest absolute Gasteiger partial charge is 0.311 e. The van der Waals surface area contributed by atoms with E-state index in [1.807, 2.05) is 89.2 Å². The molecule has 1 aliphatic rings. The van der Waals surface area contributed by atoms with Gasteiger partial charge in [-0.15, -0.1) is 0 Å². The normalized spacial score (nSPS) is 14.4. The maximum Gasteiger partial charge on any atom is 0.311 e. The second-order valence-corrected chi connectivity index (χ2v) is 39.3. The molecule has 738 valence electrons. The zero-order valence-corrected chi connectivity index (χ0v) is 85.6. The van der Waals surface area contributed by atoms with Gasteiger partial charge in [0.05, 0.1) is 104 Å². The molecule has 0 aromatic heterocycles. The SMILES string of the molecule is CCCCCCCCCCCCOC(=O)C(C)(C)CC(CC)C(=O)OCC.CCCCCCCCCCCCOC(=O)C(C)(C)CCC(C)c1ccccc1.CCCCCCCCCCCCOC(=O)C(C)(CC)CC(C)(C)C(=O)O.CCCCCCCCCCCCOC(=O)C(C)(CC)CC(C)(C)C(=O)OCC1CO1.CCOC(=O)C(CC)CC(C)C(=O)OC. The summed E-state index contributed by atoms with van der Waals surface area (Å²) in [4.78, 5) is 108. The third-order valence-corrected chi connectivity index (χ3v) is 25.0. The number of methoxy groups -OCH3 is 1. The molecule has 1 aromatic rings. The molecule has 0 aliphatic carbocycles. The van der Waals surface area contributed by atoms with Crippen LogP contribution in [0.5, 0.6) is 0 Å². The minimum absolute atomic E-state index is 0.0383. The highest BCUT2D eigenvalue weighted by molar-refractivity contribution is 5.82. The largest absolute Gasteiger partial charge is 0.481 e. The van der Waals surface area contributed by atoms with Gasteiger partial charge in [0.1, 0.15) is 12.7 Å². The van der Waals surface area contributed by atoms with Gasteiger partial charge in [-0.1, -0.05) is 331 Å². The Morgan fingerprint density at radius 3 is 0.976 bits per heavy atom. The lowest BCUT2D eigenvalue weighted by molar-refractivity contribution is -0.164. The van der Waals surface area contributed by atoms with Crippen molar-refractivity contribution in [1.82, 2.24) is 0 Å². The van der Waals surface area contributed by atoms with Gasteiger partial charge in [0, 0.05) is 0 Å². The van der Waals surface area contributed by atoms with Gasteiger partial charge in [-0.05, 0) is 184 Å². The Morgan fingerprint density at radius 1 is 0.373 bits per heavy atom. The lowest BCUT2D eigenvalue weighted by Gasteiger charge is -2.33. The Labute approximate surface area is 772 Å². The van der Waals surface area contributed by atoms with Crippen LogP contribution in [0.2, 0.25) is 0 Å². The van der Waals surface area contributed by atoms with Crippen molar-refractivity contribution in [3.8, 4) is 0 Å². The summed E-state index contributed by atoms with van der Waals surface area (Å²) in [6.45, 7) is 46.5. The van der Waals surface area contributed by atoms with Crippen molar-refractivity contribution in [3.05, 3.63) is 35.9 Å². The predicted molar refractivity (Wildman–Crippen MR) is 516 cm³/mol. The average molecular weight is 1790 g/mol. The van der Waals surface area contributed by atoms with Crippen LogP contribution >= 0.6 is 0 Å². The zero-order valence-electron chi connectivity index (χ0n) is 85.6. The van der Waals surface area contributed by atoms with Crippen molar-refractivity contribution < 1.29 is 90.9 Å². The quantitative estimate of drug-likeness (QED) is 0.0275. The van der Waals surface area contributed by atoms with Gasteiger partial charge in [-0.25, -0.2) is 0 Å². The molecule has 7 atom stereocenters. The molecule has 1 N–H and O–H groups in total. The second kappa shape index (κ2) is 77.0. The molecular weight excluding hydrogens is 1590 g/mol. The van der Waals surface area contributed by atoms with E-state index >= 15 is 0 Å². The molecule has 0 radical (unpaired) electrons. The Morgan fingerprint density at radius 2 is 0.675 bits per heavy atom. The molecule has 0 spiro atoms. The maximum absolute atomic E-state index is 12.7. The molecule has 2 rings (SSSR count). The number of ether oxygens (including phenoxy) is 9. The third-order valence-electron chi connectivity index (χ3n) is 25.0. The summed E-state index contributed by atoms with van der Waals surface area (Å²) in [6, 6.07) is 10.5. The number of unbranched alkanes of at least 4 members (excludes halogenated alkanes) is 36. The van der Waals surface area contributed by atoms with E-state index in [1.54, 1.807) is 34.6 Å². The summed E-state index contributed by atoms with van der Waals surface area (Å²) >= 11 is 0. The number of benzene rings is 1. The summed E-state index contributed by atoms with van der Waals surface area (Å²) in [5.41, 5.74) is -2.81. The van der Waals surface area contributed by atoms with E-state index in [-0.39, 0.29) is 71.6 Å². The highest BCUT2D eigenvalue weighted by Crippen LogP contribution is 2.41. The summed E-state index contributed by atoms with van der Waals surface area (Å²) in [6.07, 6.45) is 56.7. The molecule has 1 aromatic carbocycles. The second-order valence-electron chi connectivity index (χ2n) is 39.3. The van der Waals surface area contributed by atoms with E-state index < -0.39 is 38.5 Å². The van der Waals surface area contributed by atoms with Crippen LogP contribution in [0, 0.1) is 50.2 Å². The molecule has 1 saturated heterocycles. The first-order chi connectivity index (χ1) is 59.9. The number of hydrogen-bond acceptors (Lipinski definition) is 18. The van der Waals surface area contributed by atoms with Gasteiger partial charge >= 0.3 is 53.7 Å². The number of carboxylic acids is 1. The summed E-state index contributed by atoms with van der Waals surface area (Å²) in [5, 5.41) is 9.31. The minimum atomic E-state index is -0.930. The van der Waals surface area contributed by atoms with Crippen molar-refractivity contribution in [2.45, 2.75) is 485 Å². The Bertz CT molecular complexity index is 2880. The van der Waals surface area contributed by atoms with Crippen LogP contribution in [0.4, 0.5) is 0 Å². The van der Waals surface area contributed by atoms with Crippen molar-refractivity contribution in [2.75, 3.05) is 60.0 Å². The van der Waals surface area contributed by atoms with E-state index in [1.165, 1.54) is 225 Å². The number of carbonyl (C=O) groups is 9. The van der Waals surface area contributed by atoms with Crippen LogP contribution in [-0.2, 0) is 85.8 Å². The number of carboxylic acid groups (broad SMARTS) is 1. The lowest BCUT2D eigenvalue weighted by Crippen LogP contribution is -2.39. The van der Waals surface area contributed by atoms with Crippen LogP contribution in [0.3, 0.4) is 0 Å². The summed E-state index contributed by atoms with van der Waals surface area (Å²) in [7, 11) is 1.35. The number of hydrogen-bond donors (Lipinski definition) is 1. The first kappa shape index (κ1) is 125. The summed E-state index contributed by atoms with van der Waals surface area (Å²) < 4.78 is 47.2. The topological polar surface area (TPSA) is 260 Å². The maximum atomic E-state index is 12.7. The van der Waals surface area contributed by atoms with Crippen LogP contribution in [0.15, 0.2) is 30.3 Å². The number of esters is 8.